The molecule has 3 aromatic heterocycles. The molecule has 5 heterocycles. The van der Waals surface area contributed by atoms with E-state index in [1.807, 2.05) is 24.3 Å². The topological polar surface area (TPSA) is 159 Å². The highest BCUT2D eigenvalue weighted by Gasteiger charge is 2.33. The summed E-state index contributed by atoms with van der Waals surface area (Å²) in [7, 11) is 3.35. The molecular formula is C37H42N8O6. The predicted octanol–water partition coefficient (Wildman–Crippen LogP) is 4.53. The maximum atomic E-state index is 13.4. The zero-order valence-electron chi connectivity index (χ0n) is 28.8. The van der Waals surface area contributed by atoms with Crippen molar-refractivity contribution in [2.45, 2.75) is 69.4 Å². The minimum atomic E-state index is -0.680. The van der Waals surface area contributed by atoms with Crippen molar-refractivity contribution in [1.82, 2.24) is 34.1 Å². The number of fused-ring (bicyclic) bond motifs is 2. The van der Waals surface area contributed by atoms with Gasteiger partial charge in [0.2, 0.25) is 11.8 Å². The van der Waals surface area contributed by atoms with Gasteiger partial charge in [-0.1, -0.05) is 12.1 Å². The van der Waals surface area contributed by atoms with Gasteiger partial charge in [0.25, 0.3) is 5.89 Å². The maximum absolute atomic E-state index is 13.4. The monoisotopic (exact) mass is 694 g/mol. The summed E-state index contributed by atoms with van der Waals surface area (Å²) < 4.78 is 16.0. The quantitative estimate of drug-likeness (QED) is 0.223. The van der Waals surface area contributed by atoms with Gasteiger partial charge >= 0.3 is 11.6 Å². The first kappa shape index (κ1) is 32.9. The van der Waals surface area contributed by atoms with Crippen molar-refractivity contribution in [3.63, 3.8) is 0 Å². The number of ether oxygens (including phenoxy) is 1. The van der Waals surface area contributed by atoms with E-state index in [9.17, 15) is 19.2 Å². The number of imidazole rings is 1. The maximum Gasteiger partial charge on any atom is 0.329 e. The molecule has 51 heavy (non-hydrogen) atoms. The number of hydrogen-bond acceptors (Lipinski definition) is 9. The Hall–Kier alpha value is -5.24. The molecule has 14 heteroatoms. The predicted molar refractivity (Wildman–Crippen MR) is 189 cm³/mol. The van der Waals surface area contributed by atoms with Crippen LogP contribution in [0.2, 0.25) is 0 Å². The molecule has 3 amide bonds. The van der Waals surface area contributed by atoms with Crippen LogP contribution < -0.4 is 21.1 Å². The summed E-state index contributed by atoms with van der Waals surface area (Å²) in [5, 5.41) is 11.0. The van der Waals surface area contributed by atoms with Crippen LogP contribution in [0, 0.1) is 5.92 Å². The van der Waals surface area contributed by atoms with E-state index < -0.39 is 17.9 Å². The Kier molecular flexibility index (Phi) is 8.70. The number of aromatic nitrogens is 5. The molecule has 1 aliphatic carbocycles. The van der Waals surface area contributed by atoms with Crippen molar-refractivity contribution in [3.05, 3.63) is 70.9 Å². The fraction of sp³-hybridized carbons (Fsp3) is 0.459. The largest absolute Gasteiger partial charge is 0.494 e. The number of rotatable bonds is 8. The Morgan fingerprint density at radius 2 is 1.86 bits per heavy atom. The average Bonchev–Trinajstić information content (AvgIpc) is 3.88. The van der Waals surface area contributed by atoms with Crippen LogP contribution in [0.4, 0.5) is 5.69 Å². The Morgan fingerprint density at radius 3 is 2.59 bits per heavy atom. The number of anilines is 1. The van der Waals surface area contributed by atoms with Gasteiger partial charge in [-0.15, -0.1) is 0 Å². The number of nitrogens with zero attached hydrogens (tertiary/aromatic N) is 6. The Labute approximate surface area is 293 Å². The molecule has 2 aromatic carbocycles. The number of nitrogens with one attached hydrogen (secondary N) is 2. The van der Waals surface area contributed by atoms with Crippen molar-refractivity contribution in [2.75, 3.05) is 32.1 Å². The molecule has 0 radical (unpaired) electrons. The van der Waals surface area contributed by atoms with Gasteiger partial charge in [0, 0.05) is 37.7 Å². The third-order valence-electron chi connectivity index (χ3n) is 11.1. The van der Waals surface area contributed by atoms with Gasteiger partial charge in [-0.05, 0) is 87.6 Å². The summed E-state index contributed by atoms with van der Waals surface area (Å²) in [5.74, 6) is 0.317. The number of aryl methyl sites for hydroxylation is 1. The molecule has 1 saturated carbocycles. The zero-order chi connectivity index (χ0) is 35.2. The first-order chi connectivity index (χ1) is 24.8. The number of carbonyl (C=O) groups excluding carboxylic acids is 3. The Balaban J connectivity index is 0.882. The van der Waals surface area contributed by atoms with E-state index in [2.05, 4.69) is 37.5 Å². The van der Waals surface area contributed by atoms with E-state index in [0.29, 0.717) is 35.7 Å². The Morgan fingerprint density at radius 1 is 1.06 bits per heavy atom. The number of amides is 3. The molecule has 2 saturated heterocycles. The molecule has 0 spiro atoms. The van der Waals surface area contributed by atoms with Crippen molar-refractivity contribution >= 4 is 45.3 Å². The number of oxazole rings is 1. The fourth-order valence-electron chi connectivity index (χ4n) is 8.45. The van der Waals surface area contributed by atoms with Crippen LogP contribution in [0.3, 0.4) is 0 Å². The fourth-order valence-corrected chi connectivity index (χ4v) is 8.45. The minimum absolute atomic E-state index is 0.0149. The molecule has 2 aliphatic heterocycles. The summed E-state index contributed by atoms with van der Waals surface area (Å²) in [6.07, 6.45) is 11.8. The van der Waals surface area contributed by atoms with Crippen LogP contribution in [0.5, 0.6) is 5.75 Å². The second-order valence-corrected chi connectivity index (χ2v) is 14.2. The third kappa shape index (κ3) is 6.21. The van der Waals surface area contributed by atoms with Crippen LogP contribution in [0.15, 0.2) is 58.2 Å². The van der Waals surface area contributed by atoms with Crippen molar-refractivity contribution in [1.29, 1.82) is 0 Å². The van der Waals surface area contributed by atoms with Crippen LogP contribution >= 0.6 is 0 Å². The van der Waals surface area contributed by atoms with E-state index in [0.717, 1.165) is 85.7 Å². The Bertz CT molecular complexity index is 2170. The first-order valence-electron chi connectivity index (χ1n) is 17.8. The molecule has 3 aliphatic rings. The number of carbonyl (C=O) groups is 3. The smallest absolute Gasteiger partial charge is 0.329 e. The highest BCUT2D eigenvalue weighted by molar-refractivity contribution is 6.03. The van der Waals surface area contributed by atoms with Crippen LogP contribution in [-0.2, 0) is 16.6 Å². The van der Waals surface area contributed by atoms with Crippen molar-refractivity contribution in [3.8, 4) is 5.75 Å². The number of benzene rings is 2. The summed E-state index contributed by atoms with van der Waals surface area (Å²) in [5.41, 5.74) is 3.93. The molecule has 14 nitrogen and oxygen atoms in total. The molecule has 3 fully saturated rings. The van der Waals surface area contributed by atoms with E-state index in [1.165, 1.54) is 12.5 Å². The summed E-state index contributed by atoms with van der Waals surface area (Å²) in [4.78, 5) is 56.9. The van der Waals surface area contributed by atoms with Gasteiger partial charge in [-0.2, -0.15) is 5.10 Å². The summed E-state index contributed by atoms with van der Waals surface area (Å²) in [6.45, 7) is 3.09. The standard InChI is InChI=1S/C37H42N8O6/c1-42-33-26(4-3-5-29(33)45(37(42)49)30-10-11-32(46)40-34(30)47)23-12-15-43(16-13-23)20-22-6-8-25(9-7-22)44-21-24-18-28(31(50-2)19-27(24)41-44)39-35(48)36-38-14-17-51-36/h3-5,14,17-19,21-23,25,30H,6-13,15-16,20H2,1-2H3,(H,39,48)(H,40,46,47). The number of piperidine rings is 2. The highest BCUT2D eigenvalue weighted by atomic mass is 16.5. The van der Waals surface area contributed by atoms with Crippen molar-refractivity contribution in [2.24, 2.45) is 13.0 Å². The molecular weight excluding hydrogens is 652 g/mol. The van der Waals surface area contributed by atoms with Gasteiger partial charge in [-0.3, -0.25) is 33.5 Å². The molecule has 1 atom stereocenters. The highest BCUT2D eigenvalue weighted by Crippen LogP contribution is 2.38. The van der Waals surface area contributed by atoms with E-state index >= 15 is 0 Å². The lowest BCUT2D eigenvalue weighted by molar-refractivity contribution is -0.135. The second kappa shape index (κ2) is 13.5. The van der Waals surface area contributed by atoms with Gasteiger partial charge in [0.05, 0.1) is 41.6 Å². The average molecular weight is 695 g/mol. The molecule has 8 rings (SSSR count). The van der Waals surface area contributed by atoms with Crippen LogP contribution in [0.25, 0.3) is 21.9 Å². The number of para-hydroxylation sites is 1. The van der Waals surface area contributed by atoms with E-state index in [4.69, 9.17) is 14.3 Å². The van der Waals surface area contributed by atoms with Gasteiger partial charge in [0.1, 0.15) is 18.1 Å². The minimum Gasteiger partial charge on any atom is -0.494 e. The van der Waals surface area contributed by atoms with Gasteiger partial charge in [-0.25, -0.2) is 9.78 Å². The summed E-state index contributed by atoms with van der Waals surface area (Å²) >= 11 is 0. The first-order valence-corrected chi connectivity index (χ1v) is 17.8. The number of imide groups is 1. The zero-order valence-corrected chi connectivity index (χ0v) is 28.8. The lowest BCUT2D eigenvalue weighted by Crippen LogP contribution is -2.44. The van der Waals surface area contributed by atoms with E-state index in [-0.39, 0.29) is 23.9 Å². The number of methoxy groups -OCH3 is 1. The molecule has 2 N–H and O–H groups in total. The SMILES string of the molecule is COc1cc2nn(C3CCC(CN4CCC(c5cccc6c5n(C)c(=O)n6C5CCC(=O)NC5=O)CC4)CC3)cc2cc1NC(=O)c1ncco1. The molecule has 266 valence electrons. The third-order valence-corrected chi connectivity index (χ3v) is 11.1. The molecule has 0 bridgehead atoms. The lowest BCUT2D eigenvalue weighted by Gasteiger charge is -2.37. The van der Waals surface area contributed by atoms with Crippen molar-refractivity contribution < 1.29 is 23.5 Å². The normalized spacial score (nSPS) is 22.0. The number of likely N-dealkylation sites (tertiary alicyclic amines) is 1. The second-order valence-electron chi connectivity index (χ2n) is 14.2. The number of hydrogen-bond donors (Lipinski definition) is 2. The van der Waals surface area contributed by atoms with E-state index in [1.54, 1.807) is 23.3 Å². The van der Waals surface area contributed by atoms with Crippen LogP contribution in [-0.4, -0.2) is 73.3 Å². The molecule has 1 unspecified atom stereocenters. The van der Waals surface area contributed by atoms with Crippen LogP contribution in [0.1, 0.15) is 85.6 Å². The van der Waals surface area contributed by atoms with Gasteiger partial charge in [0.15, 0.2) is 0 Å². The molecule has 5 aromatic rings. The summed E-state index contributed by atoms with van der Waals surface area (Å²) in [6, 6.07) is 9.39. The van der Waals surface area contributed by atoms with Gasteiger partial charge < -0.3 is 19.4 Å². The lowest BCUT2D eigenvalue weighted by atomic mass is 9.84.